The van der Waals surface area contributed by atoms with Crippen LogP contribution in [0.3, 0.4) is 0 Å². The fraction of sp³-hybridized carbons (Fsp3) is 0. The van der Waals surface area contributed by atoms with Crippen LogP contribution in [0.5, 0.6) is 0 Å². The lowest BCUT2D eigenvalue weighted by Gasteiger charge is -2.08. The molecular formula is C12H4Cl4N2. The van der Waals surface area contributed by atoms with Gasteiger partial charge in [-0.1, -0.05) is 46.4 Å². The smallest absolute Gasteiger partial charge is 0.0981 e. The standard InChI is InChI=1S/C12H4Cl4N2/c13-5-1-7-9(15)10(16)8-2-6(14)4-18-12(8)11(7)17-3-5/h1-4H. The third kappa shape index (κ3) is 1.81. The molecule has 0 saturated carbocycles. The molecule has 0 spiro atoms. The molecule has 3 aromatic rings. The van der Waals surface area contributed by atoms with Gasteiger partial charge in [-0.15, -0.1) is 0 Å². The summed E-state index contributed by atoms with van der Waals surface area (Å²) in [5.41, 5.74) is 1.31. The fourth-order valence-electron chi connectivity index (χ4n) is 1.83. The molecule has 0 bridgehead atoms. The maximum atomic E-state index is 6.23. The Hall–Kier alpha value is -0.800. The monoisotopic (exact) mass is 316 g/mol. The summed E-state index contributed by atoms with van der Waals surface area (Å²) in [7, 11) is 0. The summed E-state index contributed by atoms with van der Waals surface area (Å²) in [5.74, 6) is 0. The Bertz CT molecular complexity index is 719. The zero-order valence-electron chi connectivity index (χ0n) is 8.72. The van der Waals surface area contributed by atoms with Gasteiger partial charge in [-0.3, -0.25) is 9.97 Å². The van der Waals surface area contributed by atoms with Gasteiger partial charge in [0.15, 0.2) is 0 Å². The highest BCUT2D eigenvalue weighted by molar-refractivity contribution is 6.49. The molecule has 18 heavy (non-hydrogen) atoms. The Kier molecular flexibility index (Phi) is 2.99. The van der Waals surface area contributed by atoms with Crippen LogP contribution in [-0.2, 0) is 0 Å². The molecule has 0 unspecified atom stereocenters. The van der Waals surface area contributed by atoms with Crippen molar-refractivity contribution in [3.05, 3.63) is 44.6 Å². The van der Waals surface area contributed by atoms with Crippen LogP contribution in [-0.4, -0.2) is 9.97 Å². The van der Waals surface area contributed by atoms with E-state index in [1.54, 1.807) is 24.5 Å². The molecule has 2 aromatic heterocycles. The van der Waals surface area contributed by atoms with Gasteiger partial charge in [-0.2, -0.15) is 0 Å². The summed E-state index contributed by atoms with van der Waals surface area (Å²) in [6.45, 7) is 0. The molecule has 3 rings (SSSR count). The number of halogens is 4. The minimum atomic E-state index is 0.401. The van der Waals surface area contributed by atoms with Crippen LogP contribution in [0, 0.1) is 0 Å². The van der Waals surface area contributed by atoms with Crippen LogP contribution in [0.4, 0.5) is 0 Å². The molecular weight excluding hydrogens is 314 g/mol. The van der Waals surface area contributed by atoms with E-state index in [0.29, 0.717) is 41.9 Å². The van der Waals surface area contributed by atoms with Crippen LogP contribution >= 0.6 is 46.4 Å². The molecule has 2 nitrogen and oxygen atoms in total. The third-order valence-corrected chi connectivity index (χ3v) is 3.89. The first-order valence-corrected chi connectivity index (χ1v) is 6.46. The van der Waals surface area contributed by atoms with Crippen molar-refractivity contribution in [2.24, 2.45) is 0 Å². The van der Waals surface area contributed by atoms with E-state index in [0.717, 1.165) is 0 Å². The highest BCUT2D eigenvalue weighted by Gasteiger charge is 2.14. The number of aromatic nitrogens is 2. The van der Waals surface area contributed by atoms with E-state index in [2.05, 4.69) is 9.97 Å². The largest absolute Gasteiger partial charge is 0.252 e. The number of fused-ring (bicyclic) bond motifs is 3. The average Bonchev–Trinajstić information content (AvgIpc) is 2.36. The maximum Gasteiger partial charge on any atom is 0.0981 e. The van der Waals surface area contributed by atoms with Crippen LogP contribution < -0.4 is 0 Å². The molecule has 0 aliphatic heterocycles. The van der Waals surface area contributed by atoms with Crippen molar-refractivity contribution in [1.82, 2.24) is 9.97 Å². The van der Waals surface area contributed by atoms with Crippen LogP contribution in [0.15, 0.2) is 24.5 Å². The van der Waals surface area contributed by atoms with Gasteiger partial charge < -0.3 is 0 Å². The Morgan fingerprint density at radius 2 is 1.06 bits per heavy atom. The first-order chi connectivity index (χ1) is 8.58. The van der Waals surface area contributed by atoms with Crippen molar-refractivity contribution in [3.8, 4) is 0 Å². The van der Waals surface area contributed by atoms with Crippen LogP contribution in [0.2, 0.25) is 20.1 Å². The van der Waals surface area contributed by atoms with Gasteiger partial charge in [-0.05, 0) is 12.1 Å². The van der Waals surface area contributed by atoms with E-state index in [4.69, 9.17) is 46.4 Å². The van der Waals surface area contributed by atoms with Crippen molar-refractivity contribution in [1.29, 1.82) is 0 Å². The van der Waals surface area contributed by atoms with Crippen molar-refractivity contribution < 1.29 is 0 Å². The number of nitrogens with zero attached hydrogens (tertiary/aromatic N) is 2. The highest BCUT2D eigenvalue weighted by atomic mass is 35.5. The summed E-state index contributed by atoms with van der Waals surface area (Å²) in [5, 5.41) is 3.15. The van der Waals surface area contributed by atoms with E-state index in [1.165, 1.54) is 0 Å². The van der Waals surface area contributed by atoms with Crippen LogP contribution in [0.25, 0.3) is 21.8 Å². The SMILES string of the molecule is Clc1cnc2c(c1)c(Cl)c(Cl)c1cc(Cl)cnc12. The predicted octanol–water partition coefficient (Wildman–Crippen LogP) is 5.40. The first-order valence-electron chi connectivity index (χ1n) is 4.95. The second-order valence-electron chi connectivity index (χ2n) is 3.73. The maximum absolute atomic E-state index is 6.23. The van der Waals surface area contributed by atoms with E-state index in [-0.39, 0.29) is 0 Å². The Morgan fingerprint density at radius 3 is 1.44 bits per heavy atom. The molecule has 0 radical (unpaired) electrons. The Morgan fingerprint density at radius 1 is 0.667 bits per heavy atom. The molecule has 0 fully saturated rings. The Labute approximate surface area is 122 Å². The summed E-state index contributed by atoms with van der Waals surface area (Å²) in [6.07, 6.45) is 3.09. The quantitative estimate of drug-likeness (QED) is 0.519. The van der Waals surface area contributed by atoms with Crippen LogP contribution in [0.1, 0.15) is 0 Å². The number of hydrogen-bond donors (Lipinski definition) is 0. The van der Waals surface area contributed by atoms with Crippen molar-refractivity contribution in [2.45, 2.75) is 0 Å². The zero-order chi connectivity index (χ0) is 12.9. The molecule has 6 heteroatoms. The van der Waals surface area contributed by atoms with Gasteiger partial charge in [0.2, 0.25) is 0 Å². The zero-order valence-corrected chi connectivity index (χ0v) is 11.7. The fourth-order valence-corrected chi connectivity index (χ4v) is 2.63. The number of benzene rings is 1. The third-order valence-electron chi connectivity index (χ3n) is 2.60. The lowest BCUT2D eigenvalue weighted by molar-refractivity contribution is 1.37. The van der Waals surface area contributed by atoms with Crippen molar-refractivity contribution in [3.63, 3.8) is 0 Å². The summed E-state index contributed by atoms with van der Waals surface area (Å²) in [4.78, 5) is 8.52. The van der Waals surface area contributed by atoms with Gasteiger partial charge in [-0.25, -0.2) is 0 Å². The first kappa shape index (κ1) is 12.2. The van der Waals surface area contributed by atoms with Gasteiger partial charge in [0, 0.05) is 23.2 Å². The topological polar surface area (TPSA) is 25.8 Å². The minimum absolute atomic E-state index is 0.401. The molecule has 0 atom stereocenters. The van der Waals surface area contributed by atoms with E-state index < -0.39 is 0 Å². The summed E-state index contributed by atoms with van der Waals surface area (Å²) >= 11 is 24.3. The predicted molar refractivity (Wildman–Crippen MR) is 77.1 cm³/mol. The molecule has 0 aliphatic rings. The van der Waals surface area contributed by atoms with E-state index >= 15 is 0 Å². The molecule has 0 saturated heterocycles. The highest BCUT2D eigenvalue weighted by Crippen LogP contribution is 2.38. The lowest BCUT2D eigenvalue weighted by Crippen LogP contribution is -1.88. The molecule has 0 N–H and O–H groups in total. The minimum Gasteiger partial charge on any atom is -0.252 e. The average molecular weight is 318 g/mol. The molecule has 2 heterocycles. The van der Waals surface area contributed by atoms with Gasteiger partial charge >= 0.3 is 0 Å². The van der Waals surface area contributed by atoms with E-state index in [1.807, 2.05) is 0 Å². The molecule has 0 amide bonds. The molecule has 90 valence electrons. The van der Waals surface area contributed by atoms with Gasteiger partial charge in [0.25, 0.3) is 0 Å². The normalized spacial score (nSPS) is 11.3. The number of hydrogen-bond acceptors (Lipinski definition) is 2. The summed E-state index contributed by atoms with van der Waals surface area (Å²) in [6, 6.07) is 3.43. The van der Waals surface area contributed by atoms with E-state index in [9.17, 15) is 0 Å². The lowest BCUT2D eigenvalue weighted by atomic mass is 10.1. The summed E-state index contributed by atoms with van der Waals surface area (Å²) < 4.78 is 0. The second kappa shape index (κ2) is 4.39. The van der Waals surface area contributed by atoms with Crippen molar-refractivity contribution in [2.75, 3.05) is 0 Å². The number of pyridine rings is 2. The molecule has 1 aromatic carbocycles. The number of rotatable bonds is 0. The van der Waals surface area contributed by atoms with Gasteiger partial charge in [0.1, 0.15) is 0 Å². The second-order valence-corrected chi connectivity index (χ2v) is 5.36. The van der Waals surface area contributed by atoms with Crippen molar-refractivity contribution >= 4 is 68.2 Å². The Balaban J connectivity index is 2.62. The molecule has 0 aliphatic carbocycles. The van der Waals surface area contributed by atoms with Gasteiger partial charge in [0.05, 0.1) is 31.1 Å².